The lowest BCUT2D eigenvalue weighted by Gasteiger charge is -2.29. The van der Waals surface area contributed by atoms with Crippen LogP contribution in [0.25, 0.3) is 0 Å². The minimum atomic E-state index is -0.276. The molecule has 1 saturated heterocycles. The summed E-state index contributed by atoms with van der Waals surface area (Å²) in [5.41, 5.74) is 1.38. The molecule has 1 fully saturated rings. The molecule has 2 aromatic rings. The minimum absolute atomic E-state index is 0.107. The molecule has 5 heteroatoms. The summed E-state index contributed by atoms with van der Waals surface area (Å²) in [7, 11) is 2.09. The molecular weight excluding hydrogens is 319 g/mol. The van der Waals surface area contributed by atoms with Crippen LogP contribution < -0.4 is 10.1 Å². The van der Waals surface area contributed by atoms with Crippen LogP contribution in [0.1, 0.15) is 28.8 Å². The Morgan fingerprint density at radius 3 is 2.56 bits per heavy atom. The molecule has 1 aliphatic rings. The van der Waals surface area contributed by atoms with Crippen LogP contribution in [-0.4, -0.2) is 37.0 Å². The number of amides is 1. The van der Waals surface area contributed by atoms with E-state index in [-0.39, 0.29) is 17.8 Å². The van der Waals surface area contributed by atoms with Crippen LogP contribution in [0.15, 0.2) is 48.5 Å². The van der Waals surface area contributed by atoms with E-state index < -0.39 is 0 Å². The summed E-state index contributed by atoms with van der Waals surface area (Å²) in [4.78, 5) is 14.9. The van der Waals surface area contributed by atoms with Crippen LogP contribution >= 0.6 is 0 Å². The normalized spacial score (nSPS) is 15.8. The molecule has 0 unspecified atom stereocenters. The Kier molecular flexibility index (Phi) is 5.66. The van der Waals surface area contributed by atoms with E-state index in [0.29, 0.717) is 17.9 Å². The van der Waals surface area contributed by atoms with E-state index in [1.165, 1.54) is 12.1 Å². The van der Waals surface area contributed by atoms with Crippen LogP contribution in [0.4, 0.5) is 4.39 Å². The van der Waals surface area contributed by atoms with Crippen molar-refractivity contribution in [3.05, 3.63) is 65.5 Å². The van der Waals surface area contributed by atoms with Crippen LogP contribution in [-0.2, 0) is 6.61 Å². The molecule has 0 bridgehead atoms. The van der Waals surface area contributed by atoms with Crippen molar-refractivity contribution in [1.29, 1.82) is 0 Å². The van der Waals surface area contributed by atoms with E-state index >= 15 is 0 Å². The number of benzene rings is 2. The third-order valence-corrected chi connectivity index (χ3v) is 4.49. The van der Waals surface area contributed by atoms with Gasteiger partial charge in [-0.1, -0.05) is 24.3 Å². The Bertz CT molecular complexity index is 710. The average molecular weight is 342 g/mol. The van der Waals surface area contributed by atoms with E-state index in [4.69, 9.17) is 4.74 Å². The van der Waals surface area contributed by atoms with Crippen LogP contribution in [0.3, 0.4) is 0 Å². The zero-order valence-corrected chi connectivity index (χ0v) is 14.4. The molecule has 4 nitrogen and oxygen atoms in total. The molecular formula is C20H23FN2O2. The van der Waals surface area contributed by atoms with Crippen LogP contribution in [0.5, 0.6) is 5.75 Å². The second-order valence-corrected chi connectivity index (χ2v) is 6.46. The van der Waals surface area contributed by atoms with Crippen molar-refractivity contribution < 1.29 is 13.9 Å². The number of likely N-dealkylation sites (tertiary alicyclic amines) is 1. The number of halogens is 1. The molecule has 0 atom stereocenters. The van der Waals surface area contributed by atoms with Crippen molar-refractivity contribution in [3.63, 3.8) is 0 Å². The Morgan fingerprint density at radius 2 is 1.84 bits per heavy atom. The number of hydrogen-bond acceptors (Lipinski definition) is 3. The van der Waals surface area contributed by atoms with E-state index in [1.807, 2.05) is 12.1 Å². The highest BCUT2D eigenvalue weighted by molar-refractivity contribution is 5.97. The van der Waals surface area contributed by atoms with Crippen molar-refractivity contribution in [2.45, 2.75) is 25.5 Å². The second kappa shape index (κ2) is 8.12. The highest BCUT2D eigenvalue weighted by atomic mass is 19.1. The minimum Gasteiger partial charge on any atom is -0.488 e. The predicted molar refractivity (Wildman–Crippen MR) is 95.2 cm³/mol. The summed E-state index contributed by atoms with van der Waals surface area (Å²) < 4.78 is 18.8. The molecule has 1 heterocycles. The van der Waals surface area contributed by atoms with Crippen LogP contribution in [0.2, 0.25) is 0 Å². The van der Waals surface area contributed by atoms with E-state index in [0.717, 1.165) is 31.5 Å². The molecule has 0 aliphatic carbocycles. The Morgan fingerprint density at radius 1 is 1.16 bits per heavy atom. The fourth-order valence-electron chi connectivity index (χ4n) is 2.94. The number of carbonyl (C=O) groups excluding carboxylic acids is 1. The van der Waals surface area contributed by atoms with Gasteiger partial charge in [0.05, 0.1) is 5.56 Å². The van der Waals surface area contributed by atoms with Gasteiger partial charge in [-0.25, -0.2) is 4.39 Å². The molecule has 0 spiro atoms. The van der Waals surface area contributed by atoms with Crippen molar-refractivity contribution in [2.24, 2.45) is 0 Å². The van der Waals surface area contributed by atoms with Crippen molar-refractivity contribution in [3.8, 4) is 5.75 Å². The Hall–Kier alpha value is -2.40. The van der Waals surface area contributed by atoms with E-state index in [1.54, 1.807) is 24.3 Å². The van der Waals surface area contributed by atoms with E-state index in [2.05, 4.69) is 17.3 Å². The highest BCUT2D eigenvalue weighted by Gasteiger charge is 2.20. The topological polar surface area (TPSA) is 41.6 Å². The number of carbonyl (C=O) groups is 1. The van der Waals surface area contributed by atoms with Gasteiger partial charge in [-0.3, -0.25) is 4.79 Å². The molecule has 1 N–H and O–H groups in total. The first-order valence-electron chi connectivity index (χ1n) is 8.57. The quantitative estimate of drug-likeness (QED) is 0.907. The summed E-state index contributed by atoms with van der Waals surface area (Å²) in [6, 6.07) is 13.6. The van der Waals surface area contributed by atoms with Gasteiger partial charge in [0.2, 0.25) is 0 Å². The van der Waals surface area contributed by atoms with E-state index in [9.17, 15) is 9.18 Å². The first-order valence-corrected chi connectivity index (χ1v) is 8.57. The molecule has 1 aliphatic heterocycles. The maximum Gasteiger partial charge on any atom is 0.255 e. The maximum absolute atomic E-state index is 13.0. The molecule has 25 heavy (non-hydrogen) atoms. The van der Waals surface area contributed by atoms with Gasteiger partial charge in [-0.05, 0) is 62.8 Å². The number of nitrogens with one attached hydrogen (secondary N) is 1. The van der Waals surface area contributed by atoms with Gasteiger partial charge in [0.1, 0.15) is 18.2 Å². The fraction of sp³-hybridized carbons (Fsp3) is 0.350. The average Bonchev–Trinajstić information content (AvgIpc) is 2.63. The molecule has 0 aromatic heterocycles. The zero-order chi connectivity index (χ0) is 17.6. The lowest BCUT2D eigenvalue weighted by molar-refractivity contribution is 0.0912. The lowest BCUT2D eigenvalue weighted by atomic mass is 10.0. The van der Waals surface area contributed by atoms with Gasteiger partial charge in [0.25, 0.3) is 5.91 Å². The number of piperidine rings is 1. The van der Waals surface area contributed by atoms with Gasteiger partial charge >= 0.3 is 0 Å². The fourth-order valence-corrected chi connectivity index (χ4v) is 2.94. The standard InChI is InChI=1S/C20H23FN2O2/c1-23-12-10-17(11-13-23)22-20(24)18-4-2-3-5-19(18)25-14-15-6-8-16(21)9-7-15/h2-9,17H,10-14H2,1H3,(H,22,24). The number of rotatable bonds is 5. The van der Waals surface area contributed by atoms with Gasteiger partial charge in [0.15, 0.2) is 0 Å². The number of hydrogen-bond donors (Lipinski definition) is 1. The first kappa shape index (κ1) is 17.4. The van der Waals surface area contributed by atoms with Crippen molar-refractivity contribution in [1.82, 2.24) is 10.2 Å². The highest BCUT2D eigenvalue weighted by Crippen LogP contribution is 2.20. The molecule has 132 valence electrons. The van der Waals surface area contributed by atoms with Gasteiger partial charge < -0.3 is 15.0 Å². The summed E-state index contributed by atoms with van der Waals surface area (Å²) in [6.07, 6.45) is 1.92. The number of ether oxygens (including phenoxy) is 1. The predicted octanol–water partition coefficient (Wildman–Crippen LogP) is 3.23. The second-order valence-electron chi connectivity index (χ2n) is 6.46. The van der Waals surface area contributed by atoms with Crippen molar-refractivity contribution >= 4 is 5.91 Å². The van der Waals surface area contributed by atoms with Gasteiger partial charge in [-0.2, -0.15) is 0 Å². The SMILES string of the molecule is CN1CCC(NC(=O)c2ccccc2OCc2ccc(F)cc2)CC1. The Balaban J connectivity index is 1.63. The Labute approximate surface area is 147 Å². The molecule has 3 rings (SSSR count). The largest absolute Gasteiger partial charge is 0.488 e. The molecule has 0 saturated carbocycles. The third-order valence-electron chi connectivity index (χ3n) is 4.49. The lowest BCUT2D eigenvalue weighted by Crippen LogP contribution is -2.43. The smallest absolute Gasteiger partial charge is 0.255 e. The summed E-state index contributed by atoms with van der Waals surface area (Å²) in [5.74, 6) is 0.156. The summed E-state index contributed by atoms with van der Waals surface area (Å²) >= 11 is 0. The molecule has 1 amide bonds. The van der Waals surface area contributed by atoms with Crippen LogP contribution in [0, 0.1) is 5.82 Å². The number of para-hydroxylation sites is 1. The zero-order valence-electron chi connectivity index (χ0n) is 14.4. The molecule has 2 aromatic carbocycles. The number of nitrogens with zero attached hydrogens (tertiary/aromatic N) is 1. The van der Waals surface area contributed by atoms with Gasteiger partial charge in [-0.15, -0.1) is 0 Å². The maximum atomic E-state index is 13.0. The first-order chi connectivity index (χ1) is 12.1. The summed E-state index contributed by atoms with van der Waals surface area (Å²) in [5, 5.41) is 3.11. The molecule has 0 radical (unpaired) electrons. The monoisotopic (exact) mass is 342 g/mol. The third kappa shape index (κ3) is 4.79. The van der Waals surface area contributed by atoms with Gasteiger partial charge in [0, 0.05) is 6.04 Å². The van der Waals surface area contributed by atoms with Crippen molar-refractivity contribution in [2.75, 3.05) is 20.1 Å². The summed E-state index contributed by atoms with van der Waals surface area (Å²) in [6.45, 7) is 2.28.